The van der Waals surface area contributed by atoms with E-state index < -0.39 is 40.7 Å². The minimum Gasteiger partial charge on any atom is -0.314 e. The number of benzene rings is 3. The highest BCUT2D eigenvalue weighted by Crippen LogP contribution is 2.25. The Balaban J connectivity index is 1.97. The van der Waals surface area contributed by atoms with Crippen LogP contribution in [0.2, 0.25) is 5.02 Å². The topological polar surface area (TPSA) is 57.7 Å². The molecule has 0 spiro atoms. The molecule has 32 heavy (non-hydrogen) atoms. The van der Waals surface area contributed by atoms with Crippen LogP contribution in [0.3, 0.4) is 0 Å². The van der Waals surface area contributed by atoms with Crippen LogP contribution >= 0.6 is 11.6 Å². The van der Waals surface area contributed by atoms with Gasteiger partial charge in [-0.2, -0.15) is 4.31 Å². The summed E-state index contributed by atoms with van der Waals surface area (Å²) in [7, 11) is -2.72. The molecule has 0 aliphatic heterocycles. The first-order valence-electron chi connectivity index (χ1n) is 9.61. The molecule has 0 heterocycles. The summed E-state index contributed by atoms with van der Waals surface area (Å²) in [5.74, 6) is -1.73. The Bertz CT molecular complexity index is 1200. The molecular weight excluding hydrogens is 458 g/mol. The molecule has 0 bridgehead atoms. The van der Waals surface area contributed by atoms with Crippen LogP contribution < -0.4 is 4.90 Å². The van der Waals surface area contributed by atoms with Crippen molar-refractivity contribution in [1.82, 2.24) is 4.31 Å². The highest BCUT2D eigenvalue weighted by Gasteiger charge is 2.29. The van der Waals surface area contributed by atoms with Crippen molar-refractivity contribution in [1.29, 1.82) is 0 Å². The van der Waals surface area contributed by atoms with E-state index in [2.05, 4.69) is 0 Å². The van der Waals surface area contributed by atoms with Gasteiger partial charge in [-0.3, -0.25) is 4.79 Å². The van der Waals surface area contributed by atoms with Crippen molar-refractivity contribution in [2.45, 2.75) is 18.4 Å². The van der Waals surface area contributed by atoms with Crippen molar-refractivity contribution in [3.63, 3.8) is 0 Å². The molecule has 0 N–H and O–H groups in total. The molecule has 168 valence electrons. The molecule has 0 saturated carbocycles. The molecule has 0 aromatic heterocycles. The first-order valence-corrected chi connectivity index (χ1v) is 11.4. The molecule has 0 aliphatic carbocycles. The molecule has 0 radical (unpaired) electrons. The fourth-order valence-electron chi connectivity index (χ4n) is 3.01. The summed E-state index contributed by atoms with van der Waals surface area (Å²) in [6.07, 6.45) is 0. The van der Waals surface area contributed by atoms with Crippen molar-refractivity contribution in [2.24, 2.45) is 0 Å². The third kappa shape index (κ3) is 5.32. The van der Waals surface area contributed by atoms with Gasteiger partial charge in [0.1, 0.15) is 11.6 Å². The number of likely N-dealkylation sites (N-methyl/N-ethyl adjacent to an activating group) is 1. The zero-order valence-electron chi connectivity index (χ0n) is 17.4. The van der Waals surface area contributed by atoms with E-state index in [1.807, 2.05) is 6.92 Å². The van der Waals surface area contributed by atoms with Gasteiger partial charge in [0.15, 0.2) is 0 Å². The monoisotopic (exact) mass is 478 g/mol. The number of nitrogens with zero attached hydrogens (tertiary/aromatic N) is 2. The molecule has 1 amide bonds. The molecule has 0 unspecified atom stereocenters. The van der Waals surface area contributed by atoms with E-state index in [-0.39, 0.29) is 15.5 Å². The minimum atomic E-state index is -4.17. The maximum atomic E-state index is 14.4. The highest BCUT2D eigenvalue weighted by molar-refractivity contribution is 7.89. The van der Waals surface area contributed by atoms with Crippen molar-refractivity contribution in [3.8, 4) is 0 Å². The zero-order valence-corrected chi connectivity index (χ0v) is 19.0. The van der Waals surface area contributed by atoms with Crippen molar-refractivity contribution in [2.75, 3.05) is 18.5 Å². The van der Waals surface area contributed by atoms with Gasteiger partial charge in [0.25, 0.3) is 0 Å². The average Bonchev–Trinajstić information content (AvgIpc) is 2.75. The first kappa shape index (κ1) is 23.8. The molecule has 0 saturated heterocycles. The first-order chi connectivity index (χ1) is 15.1. The zero-order chi connectivity index (χ0) is 23.5. The number of carbonyl (C=O) groups excluding carboxylic acids is 1. The number of amides is 1. The van der Waals surface area contributed by atoms with E-state index in [9.17, 15) is 22.0 Å². The lowest BCUT2D eigenvalue weighted by molar-refractivity contribution is -0.118. The number of hydrogen-bond acceptors (Lipinski definition) is 3. The van der Waals surface area contributed by atoms with Gasteiger partial charge in [0.05, 0.1) is 11.4 Å². The smallest absolute Gasteiger partial charge is 0.243 e. The van der Waals surface area contributed by atoms with Crippen molar-refractivity contribution in [3.05, 3.63) is 94.5 Å². The lowest BCUT2D eigenvalue weighted by Crippen LogP contribution is -2.41. The maximum Gasteiger partial charge on any atom is 0.243 e. The molecule has 0 fully saturated rings. The van der Waals surface area contributed by atoms with E-state index in [0.29, 0.717) is 5.69 Å². The van der Waals surface area contributed by atoms with Gasteiger partial charge in [-0.15, -0.1) is 0 Å². The van der Waals surface area contributed by atoms with E-state index in [4.69, 9.17) is 11.6 Å². The molecule has 3 rings (SSSR count). The van der Waals surface area contributed by atoms with Crippen LogP contribution in [-0.2, 0) is 21.4 Å². The Morgan fingerprint density at radius 3 is 2.19 bits per heavy atom. The number of sulfonamides is 1. The number of aryl methyl sites for hydroxylation is 1. The van der Waals surface area contributed by atoms with Crippen LogP contribution in [0.15, 0.2) is 71.6 Å². The standard InChI is InChI=1S/C23H21ClF2N2O3S/c1-16-6-12-19(13-7-16)32(30,31)28(14-20-21(24)4-3-5-22(20)26)15-23(29)27(2)18-10-8-17(25)9-11-18/h3-13H,14-15H2,1-2H3. The lowest BCUT2D eigenvalue weighted by Gasteiger charge is -2.25. The number of anilines is 1. The van der Waals surface area contributed by atoms with Gasteiger partial charge in [-0.1, -0.05) is 35.4 Å². The SMILES string of the molecule is Cc1ccc(S(=O)(=O)N(CC(=O)N(C)c2ccc(F)cc2)Cc2c(F)cccc2Cl)cc1. The summed E-state index contributed by atoms with van der Waals surface area (Å²) >= 11 is 6.11. The number of halogens is 3. The van der Waals surface area contributed by atoms with Crippen LogP contribution in [-0.4, -0.2) is 32.2 Å². The van der Waals surface area contributed by atoms with Gasteiger partial charge < -0.3 is 4.90 Å². The molecule has 9 heteroatoms. The number of rotatable bonds is 7. The van der Waals surface area contributed by atoms with Crippen LogP contribution in [0.25, 0.3) is 0 Å². The Morgan fingerprint density at radius 2 is 1.59 bits per heavy atom. The minimum absolute atomic E-state index is 0.0344. The van der Waals surface area contributed by atoms with E-state index >= 15 is 0 Å². The third-order valence-corrected chi connectivity index (χ3v) is 7.11. The van der Waals surface area contributed by atoms with Crippen molar-refractivity contribution < 1.29 is 22.0 Å². The predicted octanol–water partition coefficient (Wildman–Crippen LogP) is 4.78. The molecule has 0 atom stereocenters. The summed E-state index contributed by atoms with van der Waals surface area (Å²) in [6.45, 7) is 0.800. The van der Waals surface area contributed by atoms with Gasteiger partial charge >= 0.3 is 0 Å². The third-order valence-electron chi connectivity index (χ3n) is 4.95. The van der Waals surface area contributed by atoms with Gasteiger partial charge in [-0.25, -0.2) is 17.2 Å². The second kappa shape index (κ2) is 9.77. The highest BCUT2D eigenvalue weighted by atomic mass is 35.5. The fourth-order valence-corrected chi connectivity index (χ4v) is 4.59. The van der Waals surface area contributed by atoms with E-state index in [1.165, 1.54) is 66.5 Å². The second-order valence-electron chi connectivity index (χ2n) is 7.22. The Kier molecular flexibility index (Phi) is 7.28. The van der Waals surface area contributed by atoms with Crippen LogP contribution in [0.4, 0.5) is 14.5 Å². The summed E-state index contributed by atoms with van der Waals surface area (Å²) in [5.41, 5.74) is 1.20. The summed E-state index contributed by atoms with van der Waals surface area (Å²) in [4.78, 5) is 14.1. The van der Waals surface area contributed by atoms with Gasteiger partial charge in [-0.05, 0) is 55.5 Å². The van der Waals surface area contributed by atoms with Crippen molar-refractivity contribution >= 4 is 33.2 Å². The predicted molar refractivity (Wildman–Crippen MR) is 120 cm³/mol. The Morgan fingerprint density at radius 1 is 0.969 bits per heavy atom. The summed E-state index contributed by atoms with van der Waals surface area (Å²) < 4.78 is 55.2. The molecule has 3 aromatic rings. The van der Waals surface area contributed by atoms with E-state index in [0.717, 1.165) is 9.87 Å². The molecule has 3 aromatic carbocycles. The van der Waals surface area contributed by atoms with E-state index in [1.54, 1.807) is 12.1 Å². The maximum absolute atomic E-state index is 14.4. The second-order valence-corrected chi connectivity index (χ2v) is 9.56. The fraction of sp³-hybridized carbons (Fsp3) is 0.174. The Hall–Kier alpha value is -2.81. The molecular formula is C23H21ClF2N2O3S. The normalized spacial score (nSPS) is 11.6. The average molecular weight is 479 g/mol. The molecule has 5 nitrogen and oxygen atoms in total. The number of carbonyl (C=O) groups is 1. The molecule has 0 aliphatic rings. The van der Waals surface area contributed by atoms with Gasteiger partial charge in [0, 0.05) is 29.9 Å². The van der Waals surface area contributed by atoms with Crippen LogP contribution in [0.1, 0.15) is 11.1 Å². The van der Waals surface area contributed by atoms with Gasteiger partial charge in [0.2, 0.25) is 15.9 Å². The largest absolute Gasteiger partial charge is 0.314 e. The number of hydrogen-bond donors (Lipinski definition) is 0. The quantitative estimate of drug-likeness (QED) is 0.491. The summed E-state index contributed by atoms with van der Waals surface area (Å²) in [6, 6.07) is 15.3. The Labute approximate surface area is 190 Å². The van der Waals surface area contributed by atoms with Crippen LogP contribution in [0.5, 0.6) is 0 Å². The van der Waals surface area contributed by atoms with Crippen LogP contribution in [0, 0.1) is 18.6 Å². The lowest BCUT2D eigenvalue weighted by atomic mass is 10.2. The summed E-state index contributed by atoms with van der Waals surface area (Å²) in [5, 5.41) is 0.0495.